The second kappa shape index (κ2) is 19.8. The first-order chi connectivity index (χ1) is 36.0. The summed E-state index contributed by atoms with van der Waals surface area (Å²) in [5, 5.41) is 11.2. The molecule has 4 aliphatic rings. The number of nitrogens with zero attached hydrogens (tertiary/aromatic N) is 9. The van der Waals surface area contributed by atoms with E-state index in [1.165, 1.54) is 11.0 Å². The zero-order chi connectivity index (χ0) is 54.1. The number of rotatable bonds is 7. The van der Waals surface area contributed by atoms with Crippen LogP contribution in [0.1, 0.15) is 139 Å². The summed E-state index contributed by atoms with van der Waals surface area (Å²) in [6.45, 7) is 20.8. The van der Waals surface area contributed by atoms with Crippen LogP contribution in [0, 0.1) is 39.3 Å². The fourth-order valence-corrected chi connectivity index (χ4v) is 11.2. The Labute approximate surface area is 438 Å². The number of hydrogen-bond acceptors (Lipinski definition) is 12. The molecule has 0 radical (unpaired) electrons. The van der Waals surface area contributed by atoms with Gasteiger partial charge in [-0.1, -0.05) is 22.4 Å². The van der Waals surface area contributed by atoms with Gasteiger partial charge in [0.25, 0.3) is 0 Å². The Morgan fingerprint density at radius 1 is 0.645 bits per heavy atom. The first-order valence-electron chi connectivity index (χ1n) is 25.9. The largest absolute Gasteiger partial charge is 0.444 e. The maximum absolute atomic E-state index is 14.3. The Hall–Kier alpha value is -7.64. The van der Waals surface area contributed by atoms with Gasteiger partial charge in [0.2, 0.25) is 11.8 Å². The predicted octanol–water partition coefficient (Wildman–Crippen LogP) is 11.1. The van der Waals surface area contributed by atoms with Crippen LogP contribution in [-0.2, 0) is 19.1 Å². The number of benzene rings is 3. The molecule has 4 fully saturated rings. The van der Waals surface area contributed by atoms with Crippen LogP contribution in [0.15, 0.2) is 63.6 Å². The van der Waals surface area contributed by atoms with E-state index in [1.54, 1.807) is 9.80 Å². The number of halogens is 2. The summed E-state index contributed by atoms with van der Waals surface area (Å²) in [6, 6.07) is 14.9. The van der Waals surface area contributed by atoms with Crippen molar-refractivity contribution in [1.29, 1.82) is 0 Å². The molecule has 4 saturated heterocycles. The third-order valence-corrected chi connectivity index (χ3v) is 14.4. The van der Waals surface area contributed by atoms with Gasteiger partial charge in [-0.05, 0) is 142 Å². The van der Waals surface area contributed by atoms with E-state index in [0.29, 0.717) is 69.0 Å². The van der Waals surface area contributed by atoms with Crippen LogP contribution in [0.2, 0.25) is 0 Å². The van der Waals surface area contributed by atoms with Crippen molar-refractivity contribution in [2.24, 2.45) is 0 Å². The minimum atomic E-state index is -1.02. The molecule has 400 valence electrons. The minimum Gasteiger partial charge on any atom is -0.444 e. The number of carbonyl (C=O) groups excluding carboxylic acids is 4. The maximum atomic E-state index is 14.3. The SMILES string of the molecule is Cc1noc(C)c1-c1ccc2c(c1)nc([C@@H]1CCC(=O)N1)n2[C@@H]1CCN(C(=O)OC(C)(C)C)C1.Cc1noc(C)c1-c1ccc2c(c1)nc([C@@H]1CCC(=O)N1c1ccc(F)c(F)c1)n2[C@@H]1CCN(C(=O)OC(C)(C)C)C1. The molecule has 0 saturated carbocycles. The fraction of sp³-hybridized carbons (Fsp3) is 0.464. The van der Waals surface area contributed by atoms with Gasteiger partial charge in [-0.3, -0.25) is 9.59 Å². The molecule has 0 aliphatic carbocycles. The number of imidazole rings is 2. The standard InChI is InChI=1S/C31H33F2N5O4.C25H31N5O4/c1-17-28(18(2)42-35-17)19-6-9-25-24(14-19)34-29(38(25)21-12-13-36(16-21)30(40)41-31(3,4)5)26-10-11-27(39)37(26)20-7-8-22(32)23(33)15-20;1-14-22(15(2)34-28-14)16-6-8-20-19(12-16)27-23(18-7-9-21(31)26-18)30(20)17-10-11-29(13-17)24(32)33-25(3,4)5/h6-9,14-15,21,26H,10-13,16H2,1-5H3;6,8,12,17-18H,7,9-11,13H2,1-5H3,(H,26,31)/t21-,26+;17-,18+/m11/s1. The summed E-state index contributed by atoms with van der Waals surface area (Å²) in [4.78, 5) is 65.7. The zero-order valence-electron chi connectivity index (χ0n) is 44.6. The van der Waals surface area contributed by atoms with Crippen molar-refractivity contribution in [3.8, 4) is 22.3 Å². The Kier molecular flexibility index (Phi) is 13.5. The topological polar surface area (TPSA) is 196 Å². The summed E-state index contributed by atoms with van der Waals surface area (Å²) in [5.74, 6) is 0.788. The first kappa shape index (κ1) is 51.8. The fourth-order valence-electron chi connectivity index (χ4n) is 11.2. The molecule has 4 aliphatic heterocycles. The smallest absolute Gasteiger partial charge is 0.410 e. The molecule has 4 atom stereocenters. The molecule has 76 heavy (non-hydrogen) atoms. The van der Waals surface area contributed by atoms with Gasteiger partial charge in [-0.2, -0.15) is 0 Å². The van der Waals surface area contributed by atoms with Crippen molar-refractivity contribution in [2.45, 2.75) is 143 Å². The monoisotopic (exact) mass is 1040 g/mol. The lowest BCUT2D eigenvalue weighted by molar-refractivity contribution is -0.119. The lowest BCUT2D eigenvalue weighted by Gasteiger charge is -2.28. The van der Waals surface area contributed by atoms with Crippen molar-refractivity contribution < 1.29 is 46.5 Å². The lowest BCUT2D eigenvalue weighted by Crippen LogP contribution is -2.35. The van der Waals surface area contributed by atoms with Crippen LogP contribution in [0.25, 0.3) is 44.3 Å². The van der Waals surface area contributed by atoms with Crippen LogP contribution < -0.4 is 10.2 Å². The number of fused-ring (bicyclic) bond motifs is 2. The number of aromatic nitrogens is 6. The van der Waals surface area contributed by atoms with E-state index in [9.17, 15) is 28.0 Å². The number of anilines is 1. The molecule has 8 heterocycles. The van der Waals surface area contributed by atoms with Gasteiger partial charge in [0.1, 0.15) is 34.4 Å². The molecule has 4 aromatic heterocycles. The molecule has 0 bridgehead atoms. The van der Waals surface area contributed by atoms with E-state index >= 15 is 0 Å². The average Bonchev–Trinajstić information content (AvgIpc) is 4.35. The highest BCUT2D eigenvalue weighted by molar-refractivity contribution is 5.96. The summed E-state index contributed by atoms with van der Waals surface area (Å²) >= 11 is 0. The third-order valence-electron chi connectivity index (χ3n) is 14.4. The van der Waals surface area contributed by atoms with Crippen LogP contribution in [0.4, 0.5) is 24.1 Å². The Morgan fingerprint density at radius 3 is 1.62 bits per heavy atom. The quantitative estimate of drug-likeness (QED) is 0.159. The Balaban J connectivity index is 0.000000177. The molecule has 0 spiro atoms. The van der Waals surface area contributed by atoms with E-state index in [1.807, 2.05) is 87.4 Å². The summed E-state index contributed by atoms with van der Waals surface area (Å²) in [7, 11) is 0. The van der Waals surface area contributed by atoms with Gasteiger partial charge in [-0.25, -0.2) is 28.3 Å². The molecule has 7 aromatic rings. The van der Waals surface area contributed by atoms with Crippen molar-refractivity contribution in [1.82, 2.24) is 44.5 Å². The number of hydrogen-bond donors (Lipinski definition) is 1. The predicted molar refractivity (Wildman–Crippen MR) is 278 cm³/mol. The molecular weight excluding hydrogens is 979 g/mol. The maximum Gasteiger partial charge on any atom is 0.410 e. The van der Waals surface area contributed by atoms with E-state index < -0.39 is 28.9 Å². The second-order valence-electron chi connectivity index (χ2n) is 22.3. The van der Waals surface area contributed by atoms with Crippen LogP contribution in [0.3, 0.4) is 0 Å². The van der Waals surface area contributed by atoms with Crippen molar-refractivity contribution in [2.75, 3.05) is 31.1 Å². The number of carbonyl (C=O) groups is 4. The molecule has 1 N–H and O–H groups in total. The lowest BCUT2D eigenvalue weighted by atomic mass is 10.0. The zero-order valence-corrected chi connectivity index (χ0v) is 44.6. The highest BCUT2D eigenvalue weighted by atomic mass is 19.2. The number of nitrogens with one attached hydrogen (secondary N) is 1. The van der Waals surface area contributed by atoms with Crippen LogP contribution >= 0.6 is 0 Å². The van der Waals surface area contributed by atoms with Crippen molar-refractivity contribution in [3.05, 3.63) is 101 Å². The average molecular weight is 1040 g/mol. The van der Waals surface area contributed by atoms with E-state index in [2.05, 4.69) is 43.0 Å². The molecule has 0 unspecified atom stereocenters. The van der Waals surface area contributed by atoms with Gasteiger partial charge in [-0.15, -0.1) is 0 Å². The highest BCUT2D eigenvalue weighted by Crippen LogP contribution is 2.42. The third kappa shape index (κ3) is 10.1. The minimum absolute atomic E-state index is 0.0434. The number of ether oxygens (including phenoxy) is 2. The van der Waals surface area contributed by atoms with Gasteiger partial charge in [0.05, 0.1) is 57.6 Å². The van der Waals surface area contributed by atoms with Gasteiger partial charge in [0, 0.05) is 61.9 Å². The summed E-state index contributed by atoms with van der Waals surface area (Å²) in [5.41, 5.74) is 7.89. The molecule has 4 amide bonds. The number of likely N-dealkylation sites (tertiary alicyclic amines) is 2. The number of amides is 4. The van der Waals surface area contributed by atoms with Crippen LogP contribution in [-0.4, -0.2) is 101 Å². The Bertz CT molecular complexity index is 3380. The van der Waals surface area contributed by atoms with Crippen molar-refractivity contribution in [3.63, 3.8) is 0 Å². The summed E-state index contributed by atoms with van der Waals surface area (Å²) in [6.07, 6.45) is 2.69. The van der Waals surface area contributed by atoms with E-state index in [4.69, 9.17) is 28.5 Å². The normalized spacial score (nSPS) is 20.0. The van der Waals surface area contributed by atoms with E-state index in [0.717, 1.165) is 80.3 Å². The molecule has 18 nitrogen and oxygen atoms in total. The first-order valence-corrected chi connectivity index (χ1v) is 25.9. The second-order valence-corrected chi connectivity index (χ2v) is 22.3. The van der Waals surface area contributed by atoms with Gasteiger partial charge >= 0.3 is 12.2 Å². The molecule has 3 aromatic carbocycles. The molecule has 20 heteroatoms. The Morgan fingerprint density at radius 2 is 1.16 bits per heavy atom. The van der Waals surface area contributed by atoms with E-state index in [-0.39, 0.29) is 54.2 Å². The van der Waals surface area contributed by atoms with Crippen molar-refractivity contribution >= 4 is 51.8 Å². The number of aryl methyl sites for hydroxylation is 4. The summed E-state index contributed by atoms with van der Waals surface area (Å²) < 4.78 is 54.3. The highest BCUT2D eigenvalue weighted by Gasteiger charge is 2.41. The van der Waals surface area contributed by atoms with Crippen LogP contribution in [0.5, 0.6) is 0 Å². The van der Waals surface area contributed by atoms with Gasteiger partial charge < -0.3 is 47.7 Å². The van der Waals surface area contributed by atoms with Gasteiger partial charge in [0.15, 0.2) is 11.6 Å². The molecule has 11 rings (SSSR count). The molecular formula is C56H64F2N10O8.